The molecule has 3 aromatic rings. The standard InChI is InChI=1S/C23H24FN3O3S/c1-14(17-9-10-20(19(24)13-17)27-12-11-25-16(27)3)26-22(28)18-7-5-6-8-21(18)31-15(2)23(29)30-4/h5-15H,1-4H3,(H,26,28). The lowest BCUT2D eigenvalue weighted by atomic mass is 10.1. The highest BCUT2D eigenvalue weighted by molar-refractivity contribution is 8.00. The number of nitrogens with zero attached hydrogens (tertiary/aromatic N) is 2. The molecule has 1 aromatic heterocycles. The van der Waals surface area contributed by atoms with Gasteiger partial charge in [0.15, 0.2) is 0 Å². The van der Waals surface area contributed by atoms with Gasteiger partial charge in [0.2, 0.25) is 0 Å². The third-order valence-corrected chi connectivity index (χ3v) is 6.03. The predicted octanol–water partition coefficient (Wildman–Crippen LogP) is 4.46. The fraction of sp³-hybridized carbons (Fsp3) is 0.261. The summed E-state index contributed by atoms with van der Waals surface area (Å²) in [6.45, 7) is 5.31. The molecule has 0 radical (unpaired) electrons. The van der Waals surface area contributed by atoms with Crippen LogP contribution in [0.4, 0.5) is 4.39 Å². The zero-order valence-electron chi connectivity index (χ0n) is 17.8. The summed E-state index contributed by atoms with van der Waals surface area (Å²) in [4.78, 5) is 29.4. The van der Waals surface area contributed by atoms with Crippen LogP contribution in [0, 0.1) is 12.7 Å². The predicted molar refractivity (Wildman–Crippen MR) is 118 cm³/mol. The lowest BCUT2D eigenvalue weighted by Gasteiger charge is -2.18. The maximum Gasteiger partial charge on any atom is 0.318 e. The molecule has 0 aliphatic heterocycles. The van der Waals surface area contributed by atoms with E-state index in [2.05, 4.69) is 10.3 Å². The number of ether oxygens (including phenoxy) is 1. The van der Waals surface area contributed by atoms with E-state index in [0.29, 0.717) is 27.5 Å². The number of thioether (sulfide) groups is 1. The lowest BCUT2D eigenvalue weighted by molar-refractivity contribution is -0.139. The molecule has 0 saturated carbocycles. The molecule has 0 aliphatic carbocycles. The van der Waals surface area contributed by atoms with Gasteiger partial charge in [0.25, 0.3) is 5.91 Å². The molecule has 2 aromatic carbocycles. The average molecular weight is 442 g/mol. The number of hydrogen-bond acceptors (Lipinski definition) is 5. The minimum absolute atomic E-state index is 0.303. The first-order chi connectivity index (χ1) is 14.8. The quantitative estimate of drug-likeness (QED) is 0.433. The van der Waals surface area contributed by atoms with E-state index in [1.165, 1.54) is 24.9 Å². The summed E-state index contributed by atoms with van der Waals surface area (Å²) in [6.07, 6.45) is 3.31. The number of aryl methyl sites for hydroxylation is 1. The molecule has 1 heterocycles. The van der Waals surface area contributed by atoms with Gasteiger partial charge in [-0.2, -0.15) is 0 Å². The smallest absolute Gasteiger partial charge is 0.318 e. The van der Waals surface area contributed by atoms with Crippen molar-refractivity contribution in [3.05, 3.63) is 77.6 Å². The highest BCUT2D eigenvalue weighted by Crippen LogP contribution is 2.28. The molecule has 0 fully saturated rings. The molecule has 31 heavy (non-hydrogen) atoms. The van der Waals surface area contributed by atoms with E-state index in [1.54, 1.807) is 74.1 Å². The summed E-state index contributed by atoms with van der Waals surface area (Å²) in [6, 6.07) is 11.5. The Hall–Kier alpha value is -3.13. The fourth-order valence-corrected chi connectivity index (χ4v) is 4.16. The van der Waals surface area contributed by atoms with Crippen LogP contribution in [-0.4, -0.2) is 33.8 Å². The largest absolute Gasteiger partial charge is 0.468 e. The number of aromatic nitrogens is 2. The van der Waals surface area contributed by atoms with Gasteiger partial charge in [-0.15, -0.1) is 11.8 Å². The minimum atomic E-state index is -0.454. The second-order valence-electron chi connectivity index (χ2n) is 7.03. The highest BCUT2D eigenvalue weighted by atomic mass is 32.2. The van der Waals surface area contributed by atoms with Gasteiger partial charge in [-0.3, -0.25) is 9.59 Å². The van der Waals surface area contributed by atoms with Gasteiger partial charge in [0, 0.05) is 17.3 Å². The van der Waals surface area contributed by atoms with Crippen molar-refractivity contribution in [1.82, 2.24) is 14.9 Å². The Kier molecular flexibility index (Phi) is 7.12. The minimum Gasteiger partial charge on any atom is -0.468 e. The van der Waals surface area contributed by atoms with Crippen molar-refractivity contribution in [2.24, 2.45) is 0 Å². The van der Waals surface area contributed by atoms with Crippen molar-refractivity contribution in [2.75, 3.05) is 7.11 Å². The molecule has 3 rings (SSSR count). The number of halogens is 1. The Labute approximate surface area is 184 Å². The molecule has 1 N–H and O–H groups in total. The zero-order valence-corrected chi connectivity index (χ0v) is 18.6. The molecule has 2 unspecified atom stereocenters. The normalized spacial score (nSPS) is 12.8. The second-order valence-corrected chi connectivity index (χ2v) is 8.41. The molecule has 0 bridgehead atoms. The Bertz CT molecular complexity index is 1100. The van der Waals surface area contributed by atoms with Crippen LogP contribution in [0.1, 0.15) is 41.6 Å². The molecule has 6 nitrogen and oxygen atoms in total. The van der Waals surface area contributed by atoms with Gasteiger partial charge in [0.1, 0.15) is 16.9 Å². The maximum atomic E-state index is 14.7. The third kappa shape index (κ3) is 5.14. The maximum absolute atomic E-state index is 14.7. The monoisotopic (exact) mass is 441 g/mol. The van der Waals surface area contributed by atoms with Crippen molar-refractivity contribution in [2.45, 2.75) is 37.0 Å². The fourth-order valence-electron chi connectivity index (χ4n) is 3.14. The number of hydrogen-bond donors (Lipinski definition) is 1. The van der Waals surface area contributed by atoms with Gasteiger partial charge in [-0.25, -0.2) is 9.37 Å². The summed E-state index contributed by atoms with van der Waals surface area (Å²) < 4.78 is 21.1. The van der Waals surface area contributed by atoms with E-state index in [0.717, 1.165) is 0 Å². The van der Waals surface area contributed by atoms with Crippen LogP contribution in [0.15, 0.2) is 59.8 Å². The van der Waals surface area contributed by atoms with E-state index in [-0.39, 0.29) is 11.9 Å². The summed E-state index contributed by atoms with van der Waals surface area (Å²) in [5.74, 6) is -0.384. The van der Waals surface area contributed by atoms with Crippen LogP contribution in [0.3, 0.4) is 0 Å². The van der Waals surface area contributed by atoms with E-state index < -0.39 is 17.1 Å². The molecule has 8 heteroatoms. The highest BCUT2D eigenvalue weighted by Gasteiger charge is 2.20. The Balaban J connectivity index is 1.76. The average Bonchev–Trinajstić information content (AvgIpc) is 3.18. The molecule has 0 spiro atoms. The third-order valence-electron chi connectivity index (χ3n) is 4.87. The van der Waals surface area contributed by atoms with Crippen molar-refractivity contribution >= 4 is 23.6 Å². The van der Waals surface area contributed by atoms with Crippen LogP contribution in [-0.2, 0) is 9.53 Å². The molecule has 162 valence electrons. The number of carbonyl (C=O) groups excluding carboxylic acids is 2. The van der Waals surface area contributed by atoms with Gasteiger partial charge < -0.3 is 14.6 Å². The van der Waals surface area contributed by atoms with E-state index >= 15 is 0 Å². The van der Waals surface area contributed by atoms with Crippen LogP contribution >= 0.6 is 11.8 Å². The Morgan fingerprint density at radius 3 is 2.58 bits per heavy atom. The van der Waals surface area contributed by atoms with Crippen LogP contribution < -0.4 is 5.32 Å². The van der Waals surface area contributed by atoms with Crippen molar-refractivity contribution in [3.63, 3.8) is 0 Å². The summed E-state index contributed by atoms with van der Waals surface area (Å²) >= 11 is 1.25. The number of nitrogens with one attached hydrogen (secondary N) is 1. The van der Waals surface area contributed by atoms with E-state index in [1.807, 2.05) is 0 Å². The lowest BCUT2D eigenvalue weighted by Crippen LogP contribution is -2.27. The number of esters is 1. The number of imidazole rings is 1. The van der Waals surface area contributed by atoms with Crippen LogP contribution in [0.2, 0.25) is 0 Å². The summed E-state index contributed by atoms with van der Waals surface area (Å²) in [7, 11) is 1.33. The first kappa shape index (κ1) is 22.6. The van der Waals surface area contributed by atoms with Crippen LogP contribution in [0.5, 0.6) is 0 Å². The number of methoxy groups -OCH3 is 1. The number of carbonyl (C=O) groups is 2. The molecular weight excluding hydrogens is 417 g/mol. The van der Waals surface area contributed by atoms with Crippen LogP contribution in [0.25, 0.3) is 5.69 Å². The first-order valence-electron chi connectivity index (χ1n) is 9.76. The van der Waals surface area contributed by atoms with E-state index in [4.69, 9.17) is 4.74 Å². The van der Waals surface area contributed by atoms with Gasteiger partial charge >= 0.3 is 5.97 Å². The summed E-state index contributed by atoms with van der Waals surface area (Å²) in [5.41, 5.74) is 1.48. The molecule has 0 aliphatic rings. The molecule has 2 atom stereocenters. The number of benzene rings is 2. The zero-order chi connectivity index (χ0) is 22.5. The van der Waals surface area contributed by atoms with E-state index in [9.17, 15) is 14.0 Å². The molecule has 0 saturated heterocycles. The topological polar surface area (TPSA) is 73.2 Å². The van der Waals surface area contributed by atoms with Crippen molar-refractivity contribution < 1.29 is 18.7 Å². The SMILES string of the molecule is COC(=O)C(C)Sc1ccccc1C(=O)NC(C)c1ccc(-n2ccnc2C)c(F)c1. The van der Waals surface area contributed by atoms with Gasteiger partial charge in [0.05, 0.1) is 24.4 Å². The van der Waals surface area contributed by atoms with Gasteiger partial charge in [-0.1, -0.05) is 18.2 Å². The Morgan fingerprint density at radius 1 is 1.19 bits per heavy atom. The summed E-state index contributed by atoms with van der Waals surface area (Å²) in [5, 5.41) is 2.45. The number of rotatable bonds is 7. The second kappa shape index (κ2) is 9.78. The molecule has 1 amide bonds. The first-order valence-corrected chi connectivity index (χ1v) is 10.6. The molecular formula is C23H24FN3O3S. The number of amides is 1. The Morgan fingerprint density at radius 2 is 1.94 bits per heavy atom. The van der Waals surface area contributed by atoms with Crippen molar-refractivity contribution in [1.29, 1.82) is 0 Å². The van der Waals surface area contributed by atoms with Crippen molar-refractivity contribution in [3.8, 4) is 5.69 Å². The van der Waals surface area contributed by atoms with Gasteiger partial charge in [-0.05, 0) is 50.6 Å².